The number of carboxylic acid groups (broad SMARTS) is 1. The van der Waals surface area contributed by atoms with E-state index in [2.05, 4.69) is 0 Å². The quantitative estimate of drug-likeness (QED) is 0.810. The average molecular weight is 270 g/mol. The number of primary sulfonamides is 1. The number of nitrogens with two attached hydrogens (primary N) is 1. The summed E-state index contributed by atoms with van der Waals surface area (Å²) in [5.74, 6) is -1.45. The first-order valence-electron chi connectivity index (χ1n) is 4.72. The molecule has 1 aromatic rings. The molecule has 1 unspecified atom stereocenters. The summed E-state index contributed by atoms with van der Waals surface area (Å²) in [6.45, 7) is 1.41. The summed E-state index contributed by atoms with van der Waals surface area (Å²) in [6, 6.07) is 4.95. The molecule has 0 aliphatic carbocycles. The molecule has 0 fully saturated rings. The summed E-state index contributed by atoms with van der Waals surface area (Å²) in [5.41, 5.74) is -0.240. The van der Waals surface area contributed by atoms with Gasteiger partial charge in [0.05, 0.1) is 5.56 Å². The van der Waals surface area contributed by atoms with Crippen molar-refractivity contribution < 1.29 is 23.1 Å². The molecule has 0 radical (unpaired) electrons. The van der Waals surface area contributed by atoms with E-state index in [4.69, 9.17) is 20.2 Å². The van der Waals surface area contributed by atoms with Gasteiger partial charge in [-0.05, 0) is 25.1 Å². The van der Waals surface area contributed by atoms with Crippen LogP contribution in [-0.2, 0) is 10.0 Å². The van der Waals surface area contributed by atoms with Crippen LogP contribution in [0.25, 0.3) is 0 Å². The fourth-order valence-electron chi connectivity index (χ4n) is 1.18. The molecule has 3 N–H and O–H groups in total. The second-order valence-corrected chi connectivity index (χ2v) is 4.93. The third-order valence-electron chi connectivity index (χ3n) is 1.98. The smallest absolute Gasteiger partial charge is 0.335 e. The number of rotatable bonds is 4. The van der Waals surface area contributed by atoms with Crippen LogP contribution in [0.1, 0.15) is 17.3 Å². The minimum atomic E-state index is -4.14. The van der Waals surface area contributed by atoms with Gasteiger partial charge in [0.2, 0.25) is 10.0 Å². The molecule has 8 heteroatoms. The molecular formula is C10H10N2O5S. The second kappa shape index (κ2) is 5.03. The van der Waals surface area contributed by atoms with Crippen molar-refractivity contribution in [2.75, 3.05) is 0 Å². The van der Waals surface area contributed by atoms with E-state index in [1.807, 2.05) is 0 Å². The summed E-state index contributed by atoms with van der Waals surface area (Å²) >= 11 is 0. The molecule has 1 atom stereocenters. The number of carboxylic acids is 1. The van der Waals surface area contributed by atoms with E-state index in [-0.39, 0.29) is 11.3 Å². The Morgan fingerprint density at radius 2 is 2.17 bits per heavy atom. The monoisotopic (exact) mass is 270 g/mol. The summed E-state index contributed by atoms with van der Waals surface area (Å²) < 4.78 is 27.7. The van der Waals surface area contributed by atoms with Crippen molar-refractivity contribution in [1.29, 1.82) is 5.26 Å². The number of nitrogens with zero attached hydrogens (tertiary/aromatic N) is 1. The van der Waals surface area contributed by atoms with E-state index >= 15 is 0 Å². The van der Waals surface area contributed by atoms with Crippen LogP contribution in [0.3, 0.4) is 0 Å². The first-order valence-corrected chi connectivity index (χ1v) is 6.26. The van der Waals surface area contributed by atoms with Gasteiger partial charge < -0.3 is 9.84 Å². The Kier molecular flexibility index (Phi) is 3.90. The molecular weight excluding hydrogens is 260 g/mol. The molecule has 1 aromatic carbocycles. The molecule has 18 heavy (non-hydrogen) atoms. The molecule has 0 aliphatic rings. The third-order valence-corrected chi connectivity index (χ3v) is 2.91. The minimum Gasteiger partial charge on any atom is -0.478 e. The van der Waals surface area contributed by atoms with Gasteiger partial charge in [0, 0.05) is 0 Å². The number of nitriles is 1. The standard InChI is InChI=1S/C10H10N2O5S/c1-6(5-11)17-8-3-2-7(10(13)14)4-9(8)18(12,15)16/h2-4,6H,1H3,(H,13,14)(H2,12,15,16). The number of hydrogen-bond donors (Lipinski definition) is 2. The van der Waals surface area contributed by atoms with Crippen LogP contribution in [0, 0.1) is 11.3 Å². The van der Waals surface area contributed by atoms with Crippen LogP contribution < -0.4 is 9.88 Å². The molecule has 0 spiro atoms. The molecule has 0 heterocycles. The Morgan fingerprint density at radius 1 is 1.56 bits per heavy atom. The Bertz CT molecular complexity index is 618. The van der Waals surface area contributed by atoms with E-state index < -0.39 is 27.0 Å². The van der Waals surface area contributed by atoms with E-state index in [9.17, 15) is 13.2 Å². The highest BCUT2D eigenvalue weighted by atomic mass is 32.2. The molecule has 7 nitrogen and oxygen atoms in total. The normalized spacial score (nSPS) is 12.5. The minimum absolute atomic E-state index is 0.156. The maximum atomic E-state index is 11.3. The highest BCUT2D eigenvalue weighted by Gasteiger charge is 2.19. The van der Waals surface area contributed by atoms with Crippen LogP contribution in [0.4, 0.5) is 0 Å². The van der Waals surface area contributed by atoms with Gasteiger partial charge in [-0.1, -0.05) is 0 Å². The summed E-state index contributed by atoms with van der Waals surface area (Å²) in [6.07, 6.45) is -0.888. The third kappa shape index (κ3) is 3.19. The lowest BCUT2D eigenvalue weighted by molar-refractivity contribution is 0.0696. The summed E-state index contributed by atoms with van der Waals surface area (Å²) in [4.78, 5) is 10.3. The maximum Gasteiger partial charge on any atom is 0.335 e. The zero-order valence-electron chi connectivity index (χ0n) is 9.32. The lowest BCUT2D eigenvalue weighted by Crippen LogP contribution is -2.17. The Labute approximate surface area is 103 Å². The Hall–Kier alpha value is -2.11. The van der Waals surface area contributed by atoms with Gasteiger partial charge in [-0.2, -0.15) is 5.26 Å². The highest BCUT2D eigenvalue weighted by Crippen LogP contribution is 2.25. The van der Waals surface area contributed by atoms with E-state index in [1.165, 1.54) is 6.92 Å². The van der Waals surface area contributed by atoms with Crippen LogP contribution in [-0.4, -0.2) is 25.6 Å². The fourth-order valence-corrected chi connectivity index (χ4v) is 1.87. The van der Waals surface area contributed by atoms with Gasteiger partial charge in [0.15, 0.2) is 6.10 Å². The van der Waals surface area contributed by atoms with Gasteiger partial charge in [-0.3, -0.25) is 0 Å². The topological polar surface area (TPSA) is 130 Å². The molecule has 0 aliphatic heterocycles. The number of hydrogen-bond acceptors (Lipinski definition) is 5. The van der Waals surface area contributed by atoms with E-state index in [0.29, 0.717) is 0 Å². The largest absolute Gasteiger partial charge is 0.478 e. The molecule has 0 aromatic heterocycles. The van der Waals surface area contributed by atoms with Gasteiger partial charge >= 0.3 is 5.97 Å². The van der Waals surface area contributed by atoms with E-state index in [1.54, 1.807) is 6.07 Å². The first kappa shape index (κ1) is 14.0. The van der Waals surface area contributed by atoms with Crippen LogP contribution >= 0.6 is 0 Å². The molecule has 0 saturated carbocycles. The fraction of sp³-hybridized carbons (Fsp3) is 0.200. The van der Waals surface area contributed by atoms with Gasteiger partial charge in [-0.25, -0.2) is 18.4 Å². The first-order chi connectivity index (χ1) is 8.25. The van der Waals surface area contributed by atoms with Crippen molar-refractivity contribution in [1.82, 2.24) is 0 Å². The summed E-state index contributed by atoms with van der Waals surface area (Å²) in [7, 11) is -4.14. The SMILES string of the molecule is CC(C#N)Oc1ccc(C(=O)O)cc1S(N)(=O)=O. The van der Waals surface area contributed by atoms with Crippen LogP contribution in [0.5, 0.6) is 5.75 Å². The maximum absolute atomic E-state index is 11.3. The number of benzene rings is 1. The van der Waals surface area contributed by atoms with Crippen LogP contribution in [0.15, 0.2) is 23.1 Å². The second-order valence-electron chi connectivity index (χ2n) is 3.40. The average Bonchev–Trinajstić information content (AvgIpc) is 2.27. The molecule has 1 rings (SSSR count). The lowest BCUT2D eigenvalue weighted by Gasteiger charge is -2.11. The van der Waals surface area contributed by atoms with Crippen molar-refractivity contribution in [3.63, 3.8) is 0 Å². The van der Waals surface area contributed by atoms with Crippen molar-refractivity contribution in [2.24, 2.45) is 5.14 Å². The number of ether oxygens (including phenoxy) is 1. The molecule has 0 amide bonds. The number of sulfonamides is 1. The predicted molar refractivity (Wildman–Crippen MR) is 60.5 cm³/mol. The van der Waals surface area contributed by atoms with Crippen molar-refractivity contribution in [2.45, 2.75) is 17.9 Å². The Morgan fingerprint density at radius 3 is 2.61 bits per heavy atom. The molecule has 0 saturated heterocycles. The van der Waals surface area contributed by atoms with Gasteiger partial charge in [0.25, 0.3) is 0 Å². The highest BCUT2D eigenvalue weighted by molar-refractivity contribution is 7.89. The Balaban J connectivity index is 3.36. The predicted octanol–water partition coefficient (Wildman–Crippen LogP) is 0.323. The van der Waals surface area contributed by atoms with Crippen molar-refractivity contribution in [3.05, 3.63) is 23.8 Å². The van der Waals surface area contributed by atoms with Crippen LogP contribution in [0.2, 0.25) is 0 Å². The number of carbonyl (C=O) groups is 1. The molecule has 0 bridgehead atoms. The zero-order chi connectivity index (χ0) is 13.9. The molecule has 96 valence electrons. The van der Waals surface area contributed by atoms with E-state index in [0.717, 1.165) is 18.2 Å². The van der Waals surface area contributed by atoms with Gasteiger partial charge in [0.1, 0.15) is 16.7 Å². The van der Waals surface area contributed by atoms with Crippen molar-refractivity contribution >= 4 is 16.0 Å². The summed E-state index contributed by atoms with van der Waals surface area (Å²) in [5, 5.41) is 22.3. The zero-order valence-corrected chi connectivity index (χ0v) is 10.1. The van der Waals surface area contributed by atoms with Gasteiger partial charge in [-0.15, -0.1) is 0 Å². The lowest BCUT2D eigenvalue weighted by atomic mass is 10.2. The number of aromatic carboxylic acids is 1. The van der Waals surface area contributed by atoms with Crippen molar-refractivity contribution in [3.8, 4) is 11.8 Å².